The summed E-state index contributed by atoms with van der Waals surface area (Å²) < 4.78 is 0. The van der Waals surface area contributed by atoms with E-state index < -0.39 is 6.04 Å². The lowest BCUT2D eigenvalue weighted by molar-refractivity contribution is -0.133. The summed E-state index contributed by atoms with van der Waals surface area (Å²) in [5.74, 6) is -0.0387. The lowest BCUT2D eigenvalue weighted by atomic mass is 9.90. The molecular formula is C21H25N3O2. The molecule has 0 aliphatic carbocycles. The number of amides is 2. The molecule has 2 aromatic rings. The quantitative estimate of drug-likeness (QED) is 0.834. The zero-order valence-electron chi connectivity index (χ0n) is 15.0. The molecule has 0 aromatic heterocycles. The van der Waals surface area contributed by atoms with Crippen LogP contribution in [0.3, 0.4) is 0 Å². The Morgan fingerprint density at radius 1 is 1.12 bits per heavy atom. The Labute approximate surface area is 154 Å². The van der Waals surface area contributed by atoms with Crippen molar-refractivity contribution in [2.45, 2.75) is 18.4 Å². The van der Waals surface area contributed by atoms with E-state index in [-0.39, 0.29) is 24.2 Å². The van der Waals surface area contributed by atoms with Crippen molar-refractivity contribution in [1.29, 1.82) is 0 Å². The van der Waals surface area contributed by atoms with Crippen LogP contribution < -0.4 is 10.6 Å². The van der Waals surface area contributed by atoms with Crippen molar-refractivity contribution in [2.24, 2.45) is 0 Å². The van der Waals surface area contributed by atoms with Gasteiger partial charge in [0.15, 0.2) is 0 Å². The van der Waals surface area contributed by atoms with Gasteiger partial charge in [0.25, 0.3) is 0 Å². The highest BCUT2D eigenvalue weighted by Gasteiger charge is 2.33. The van der Waals surface area contributed by atoms with Crippen molar-refractivity contribution in [2.75, 3.05) is 26.7 Å². The van der Waals surface area contributed by atoms with E-state index >= 15 is 0 Å². The monoisotopic (exact) mass is 351 g/mol. The Kier molecular flexibility index (Phi) is 6.02. The van der Waals surface area contributed by atoms with Gasteiger partial charge >= 0.3 is 0 Å². The predicted octanol–water partition coefficient (Wildman–Crippen LogP) is 1.76. The normalized spacial score (nSPS) is 17.8. The maximum Gasteiger partial charge on any atom is 0.237 e. The summed E-state index contributed by atoms with van der Waals surface area (Å²) in [5, 5.41) is 5.51. The van der Waals surface area contributed by atoms with Gasteiger partial charge in [-0.15, -0.1) is 0 Å². The molecule has 0 saturated carbocycles. The molecule has 1 unspecified atom stereocenters. The number of nitrogens with one attached hydrogen (secondary N) is 2. The molecule has 3 rings (SSSR count). The van der Waals surface area contributed by atoms with Gasteiger partial charge in [-0.05, 0) is 11.1 Å². The third-order valence-electron chi connectivity index (χ3n) is 4.92. The lowest BCUT2D eigenvalue weighted by Crippen LogP contribution is -2.57. The van der Waals surface area contributed by atoms with Crippen LogP contribution in [0.5, 0.6) is 0 Å². The minimum Gasteiger partial charge on any atom is -0.359 e. The largest absolute Gasteiger partial charge is 0.359 e. The maximum absolute atomic E-state index is 12.4. The molecule has 1 fully saturated rings. The number of carbonyl (C=O) groups is 2. The van der Waals surface area contributed by atoms with Crippen molar-refractivity contribution >= 4 is 11.8 Å². The third kappa shape index (κ3) is 4.29. The van der Waals surface area contributed by atoms with Crippen LogP contribution in [-0.2, 0) is 9.59 Å². The van der Waals surface area contributed by atoms with Crippen LogP contribution in [0.25, 0.3) is 0 Å². The van der Waals surface area contributed by atoms with Gasteiger partial charge in [0.1, 0.15) is 0 Å². The van der Waals surface area contributed by atoms with Gasteiger partial charge in [0.2, 0.25) is 11.8 Å². The highest BCUT2D eigenvalue weighted by atomic mass is 16.2. The molecule has 1 atom stereocenters. The molecule has 2 N–H and O–H groups in total. The van der Waals surface area contributed by atoms with Crippen molar-refractivity contribution in [3.63, 3.8) is 0 Å². The van der Waals surface area contributed by atoms with Crippen LogP contribution in [-0.4, -0.2) is 49.4 Å². The molecule has 5 heteroatoms. The molecule has 2 aromatic carbocycles. The van der Waals surface area contributed by atoms with Gasteiger partial charge in [-0.25, -0.2) is 0 Å². The molecular weight excluding hydrogens is 326 g/mol. The van der Waals surface area contributed by atoms with E-state index in [9.17, 15) is 9.59 Å². The fourth-order valence-electron chi connectivity index (χ4n) is 3.49. The van der Waals surface area contributed by atoms with Gasteiger partial charge in [-0.3, -0.25) is 14.5 Å². The molecule has 1 aliphatic rings. The summed E-state index contributed by atoms with van der Waals surface area (Å²) in [6.07, 6.45) is 0.179. The van der Waals surface area contributed by atoms with E-state index in [1.807, 2.05) is 36.4 Å². The number of benzene rings is 2. The van der Waals surface area contributed by atoms with E-state index in [0.717, 1.165) is 6.54 Å². The van der Waals surface area contributed by atoms with Crippen LogP contribution in [0.2, 0.25) is 0 Å². The SMILES string of the molecule is CNC(=O)CC1C(=O)NCCN1CC(c1ccccc1)c1ccccc1. The average molecular weight is 351 g/mol. The van der Waals surface area contributed by atoms with Crippen LogP contribution in [0.15, 0.2) is 60.7 Å². The Morgan fingerprint density at radius 2 is 1.69 bits per heavy atom. The Bertz CT molecular complexity index is 694. The summed E-state index contributed by atoms with van der Waals surface area (Å²) in [7, 11) is 1.60. The second kappa shape index (κ2) is 8.63. The number of hydrogen-bond donors (Lipinski definition) is 2. The standard InChI is InChI=1S/C21H25N3O2/c1-22-20(25)14-19-21(26)23-12-13-24(19)15-18(16-8-4-2-5-9-16)17-10-6-3-7-11-17/h2-11,18-19H,12-15H2,1H3,(H,22,25)(H,23,26). The summed E-state index contributed by atoms with van der Waals surface area (Å²) in [4.78, 5) is 26.4. The Balaban J connectivity index is 1.87. The predicted molar refractivity (Wildman–Crippen MR) is 102 cm³/mol. The van der Waals surface area contributed by atoms with Crippen molar-refractivity contribution < 1.29 is 9.59 Å². The highest BCUT2D eigenvalue weighted by Crippen LogP contribution is 2.27. The topological polar surface area (TPSA) is 61.4 Å². The molecule has 1 heterocycles. The van der Waals surface area contributed by atoms with Crippen LogP contribution in [0.1, 0.15) is 23.5 Å². The minimum atomic E-state index is -0.432. The summed E-state index contributed by atoms with van der Waals surface area (Å²) in [6.45, 7) is 2.05. The van der Waals surface area contributed by atoms with Crippen LogP contribution >= 0.6 is 0 Å². The van der Waals surface area contributed by atoms with Gasteiger partial charge < -0.3 is 10.6 Å². The van der Waals surface area contributed by atoms with E-state index in [2.05, 4.69) is 39.8 Å². The van der Waals surface area contributed by atoms with Crippen LogP contribution in [0, 0.1) is 0 Å². The minimum absolute atomic E-state index is 0.0697. The highest BCUT2D eigenvalue weighted by molar-refractivity contribution is 5.88. The molecule has 0 radical (unpaired) electrons. The summed E-state index contributed by atoms with van der Waals surface area (Å²) >= 11 is 0. The van der Waals surface area contributed by atoms with Gasteiger partial charge in [-0.2, -0.15) is 0 Å². The lowest BCUT2D eigenvalue weighted by Gasteiger charge is -2.37. The first-order valence-electron chi connectivity index (χ1n) is 9.01. The van der Waals surface area contributed by atoms with E-state index in [4.69, 9.17) is 0 Å². The van der Waals surface area contributed by atoms with Gasteiger partial charge in [0, 0.05) is 32.6 Å². The first-order chi connectivity index (χ1) is 12.7. The molecule has 26 heavy (non-hydrogen) atoms. The van der Waals surface area contributed by atoms with Gasteiger partial charge in [-0.1, -0.05) is 60.7 Å². The smallest absolute Gasteiger partial charge is 0.237 e. The second-order valence-electron chi connectivity index (χ2n) is 6.55. The molecule has 1 aliphatic heterocycles. The first kappa shape index (κ1) is 18.1. The Morgan fingerprint density at radius 3 is 2.23 bits per heavy atom. The molecule has 1 saturated heterocycles. The number of piperazine rings is 1. The molecule has 0 bridgehead atoms. The summed E-state index contributed by atoms with van der Waals surface area (Å²) in [5.41, 5.74) is 2.42. The number of carbonyl (C=O) groups excluding carboxylic acids is 2. The maximum atomic E-state index is 12.4. The van der Waals surface area contributed by atoms with E-state index in [0.29, 0.717) is 13.1 Å². The van der Waals surface area contributed by atoms with Crippen molar-refractivity contribution in [1.82, 2.24) is 15.5 Å². The second-order valence-corrected chi connectivity index (χ2v) is 6.55. The van der Waals surface area contributed by atoms with Gasteiger partial charge in [0.05, 0.1) is 12.5 Å². The summed E-state index contributed by atoms with van der Waals surface area (Å²) in [6, 6.07) is 20.2. The fraction of sp³-hybridized carbons (Fsp3) is 0.333. The average Bonchev–Trinajstić information content (AvgIpc) is 2.69. The fourth-order valence-corrected chi connectivity index (χ4v) is 3.49. The molecule has 5 nitrogen and oxygen atoms in total. The Hall–Kier alpha value is -2.66. The number of hydrogen-bond acceptors (Lipinski definition) is 3. The zero-order chi connectivity index (χ0) is 18.4. The van der Waals surface area contributed by atoms with Crippen LogP contribution in [0.4, 0.5) is 0 Å². The molecule has 2 amide bonds. The third-order valence-corrected chi connectivity index (χ3v) is 4.92. The van der Waals surface area contributed by atoms with Crippen molar-refractivity contribution in [3.8, 4) is 0 Å². The van der Waals surface area contributed by atoms with E-state index in [1.54, 1.807) is 7.05 Å². The van der Waals surface area contributed by atoms with E-state index in [1.165, 1.54) is 11.1 Å². The zero-order valence-corrected chi connectivity index (χ0v) is 15.0. The van der Waals surface area contributed by atoms with Crippen molar-refractivity contribution in [3.05, 3.63) is 71.8 Å². The number of nitrogens with zero attached hydrogens (tertiary/aromatic N) is 1. The molecule has 0 spiro atoms. The number of rotatable bonds is 6. The molecule has 136 valence electrons. The first-order valence-corrected chi connectivity index (χ1v) is 9.01.